The number of phenolic OH excluding ortho intramolecular Hbond substituents is 1. The molecular weight excluding hydrogens is 688 g/mol. The number of imide groups is 2. The minimum Gasteiger partial charge on any atom is -0.504 e. The maximum atomic E-state index is 15.1. The standard InChI is InChI=1S/C39H39ClN4O6S/c1-6-15-43-35(46)22-13-12-21-25(31(22)37(43)48)17-26-36(47)44(38(49)39(26,4)32(21)23-9-8-10-28(33(23)45)50-7-2)30-18-27(41-42(30)5)34-19(3)24-16-20(40)11-14-29(24)51-34/h8-12,14,16,18,22,25-26,31-32,45H,6-7,13,15,17H2,1-5H3. The Morgan fingerprint density at radius 2 is 1.84 bits per heavy atom. The number of benzene rings is 2. The molecule has 6 atom stereocenters. The van der Waals surface area contributed by atoms with Crippen molar-refractivity contribution >= 4 is 62.5 Å². The number of amides is 4. The first-order valence-electron chi connectivity index (χ1n) is 17.5. The van der Waals surface area contributed by atoms with E-state index in [2.05, 4.69) is 0 Å². The zero-order valence-corrected chi connectivity index (χ0v) is 30.7. The molecule has 51 heavy (non-hydrogen) atoms. The van der Waals surface area contributed by atoms with Gasteiger partial charge in [-0.05, 0) is 81.2 Å². The number of hydrogen-bond acceptors (Lipinski definition) is 8. The molecule has 2 aromatic heterocycles. The monoisotopic (exact) mass is 726 g/mol. The first-order chi connectivity index (χ1) is 24.4. The van der Waals surface area contributed by atoms with Crippen LogP contribution in [0, 0.1) is 36.0 Å². The summed E-state index contributed by atoms with van der Waals surface area (Å²) in [5.74, 6) is -3.88. The molecule has 12 heteroatoms. The number of aromatic nitrogens is 2. The van der Waals surface area contributed by atoms with Crippen LogP contribution in [0.2, 0.25) is 5.02 Å². The largest absolute Gasteiger partial charge is 0.504 e. The molecule has 2 saturated heterocycles. The Labute approximate surface area is 304 Å². The number of aryl methyl sites for hydroxylation is 2. The highest BCUT2D eigenvalue weighted by Gasteiger charge is 2.68. The molecule has 4 aliphatic rings. The number of allylic oxidation sites excluding steroid dienone is 2. The van der Waals surface area contributed by atoms with Crippen molar-refractivity contribution in [3.05, 3.63) is 70.3 Å². The summed E-state index contributed by atoms with van der Waals surface area (Å²) in [6.45, 7) is 8.23. The second-order valence-corrected chi connectivity index (χ2v) is 15.8. The minimum absolute atomic E-state index is 0.101. The van der Waals surface area contributed by atoms with Crippen LogP contribution in [0.1, 0.15) is 57.1 Å². The van der Waals surface area contributed by atoms with Crippen molar-refractivity contribution < 1.29 is 29.0 Å². The van der Waals surface area contributed by atoms with E-state index >= 15 is 4.79 Å². The number of thiophene rings is 1. The van der Waals surface area contributed by atoms with Crippen molar-refractivity contribution in [3.8, 4) is 22.1 Å². The summed E-state index contributed by atoms with van der Waals surface area (Å²) in [7, 11) is 1.72. The van der Waals surface area contributed by atoms with E-state index in [1.165, 1.54) is 9.80 Å². The van der Waals surface area contributed by atoms with Gasteiger partial charge in [0.1, 0.15) is 11.5 Å². The summed E-state index contributed by atoms with van der Waals surface area (Å²) in [6, 6.07) is 12.7. The van der Waals surface area contributed by atoms with Crippen LogP contribution in [-0.4, -0.2) is 56.6 Å². The molecule has 0 spiro atoms. The first-order valence-corrected chi connectivity index (χ1v) is 18.7. The highest BCUT2D eigenvalue weighted by atomic mass is 35.5. The van der Waals surface area contributed by atoms with Crippen LogP contribution in [0.15, 0.2) is 54.1 Å². The van der Waals surface area contributed by atoms with Gasteiger partial charge < -0.3 is 9.84 Å². The van der Waals surface area contributed by atoms with Gasteiger partial charge in [-0.2, -0.15) is 5.10 Å². The van der Waals surface area contributed by atoms with Gasteiger partial charge in [0.15, 0.2) is 11.5 Å². The number of likely N-dealkylation sites (tertiary alicyclic amines) is 1. The maximum absolute atomic E-state index is 15.1. The maximum Gasteiger partial charge on any atom is 0.242 e. The van der Waals surface area contributed by atoms with Crippen LogP contribution >= 0.6 is 22.9 Å². The zero-order chi connectivity index (χ0) is 36.1. The summed E-state index contributed by atoms with van der Waals surface area (Å²) in [6.07, 6.45) is 3.21. The number of ether oxygens (including phenoxy) is 1. The van der Waals surface area contributed by atoms with Gasteiger partial charge in [0, 0.05) is 40.9 Å². The van der Waals surface area contributed by atoms with Crippen molar-refractivity contribution in [2.75, 3.05) is 18.1 Å². The number of aromatic hydroxyl groups is 1. The number of carbonyl (C=O) groups is 4. The summed E-state index contributed by atoms with van der Waals surface area (Å²) >= 11 is 7.88. The lowest BCUT2D eigenvalue weighted by molar-refractivity contribution is -0.140. The Bertz CT molecular complexity index is 2210. The Hall–Kier alpha value is -4.48. The lowest BCUT2D eigenvalue weighted by Crippen LogP contribution is -2.49. The van der Waals surface area contributed by atoms with Crippen molar-refractivity contribution in [1.29, 1.82) is 0 Å². The molecule has 4 amide bonds. The third-order valence-electron chi connectivity index (χ3n) is 11.7. The number of phenols is 1. The highest BCUT2D eigenvalue weighted by Crippen LogP contribution is 2.65. The van der Waals surface area contributed by atoms with Gasteiger partial charge in [-0.1, -0.05) is 42.3 Å². The normalized spacial score (nSPS) is 27.3. The van der Waals surface area contributed by atoms with Crippen LogP contribution in [0.3, 0.4) is 0 Å². The predicted octanol–water partition coefficient (Wildman–Crippen LogP) is 7.01. The third-order valence-corrected chi connectivity index (χ3v) is 13.2. The van der Waals surface area contributed by atoms with E-state index in [4.69, 9.17) is 21.4 Å². The molecular formula is C39H39ClN4O6S. The molecule has 264 valence electrons. The molecule has 2 aliphatic heterocycles. The summed E-state index contributed by atoms with van der Waals surface area (Å²) in [4.78, 5) is 60.9. The molecule has 1 N–H and O–H groups in total. The molecule has 0 bridgehead atoms. The van der Waals surface area contributed by atoms with Crippen molar-refractivity contribution in [3.63, 3.8) is 0 Å². The Kier molecular flexibility index (Phi) is 7.95. The van der Waals surface area contributed by atoms with E-state index in [0.29, 0.717) is 48.1 Å². The Balaban J connectivity index is 1.26. The van der Waals surface area contributed by atoms with Crippen molar-refractivity contribution in [1.82, 2.24) is 14.7 Å². The SMILES string of the molecule is CCCN1C(=O)C2CC=C3C(CC4C(=O)N(c5cc(-c6sc7ccc(Cl)cc7c6C)nn5C)C(=O)C4(C)C3c3cccc(OCC)c3O)C2C1=O. The minimum atomic E-state index is -1.32. The predicted molar refractivity (Wildman–Crippen MR) is 195 cm³/mol. The quantitative estimate of drug-likeness (QED) is 0.161. The molecule has 3 fully saturated rings. The van der Waals surface area contributed by atoms with E-state index in [1.807, 2.05) is 45.0 Å². The fourth-order valence-electron chi connectivity index (χ4n) is 9.35. The summed E-state index contributed by atoms with van der Waals surface area (Å²) in [5, 5.41) is 18.1. The topological polar surface area (TPSA) is 122 Å². The highest BCUT2D eigenvalue weighted by molar-refractivity contribution is 7.22. The number of para-hydroxylation sites is 1. The van der Waals surface area contributed by atoms with E-state index in [-0.39, 0.29) is 35.6 Å². The third kappa shape index (κ3) is 4.69. The first kappa shape index (κ1) is 33.7. The van der Waals surface area contributed by atoms with E-state index in [1.54, 1.807) is 54.3 Å². The Morgan fingerprint density at radius 1 is 1.06 bits per heavy atom. The lowest BCUT2D eigenvalue weighted by Gasteiger charge is -2.49. The van der Waals surface area contributed by atoms with Crippen LogP contribution in [0.25, 0.3) is 20.7 Å². The van der Waals surface area contributed by atoms with Gasteiger partial charge in [-0.25, -0.2) is 4.90 Å². The van der Waals surface area contributed by atoms with E-state index in [0.717, 1.165) is 26.1 Å². The number of carbonyl (C=O) groups excluding carboxylic acids is 4. The number of nitrogens with zero attached hydrogens (tertiary/aromatic N) is 4. The van der Waals surface area contributed by atoms with Crippen LogP contribution in [-0.2, 0) is 26.2 Å². The zero-order valence-electron chi connectivity index (χ0n) is 29.1. The Morgan fingerprint density at radius 3 is 2.59 bits per heavy atom. The van der Waals surface area contributed by atoms with Crippen molar-refractivity contribution in [2.45, 2.75) is 52.9 Å². The van der Waals surface area contributed by atoms with Crippen LogP contribution in [0.5, 0.6) is 11.5 Å². The summed E-state index contributed by atoms with van der Waals surface area (Å²) in [5.41, 5.74) is 1.58. The van der Waals surface area contributed by atoms with E-state index < -0.39 is 40.9 Å². The second-order valence-electron chi connectivity index (χ2n) is 14.3. The van der Waals surface area contributed by atoms with Gasteiger partial charge in [0.2, 0.25) is 23.6 Å². The molecule has 4 heterocycles. The fraction of sp³-hybridized carbons (Fsp3) is 0.410. The number of anilines is 1. The van der Waals surface area contributed by atoms with Gasteiger partial charge in [0.25, 0.3) is 0 Å². The number of hydrogen-bond donors (Lipinski definition) is 1. The molecule has 2 aliphatic carbocycles. The van der Waals surface area contributed by atoms with Crippen LogP contribution in [0.4, 0.5) is 5.82 Å². The average Bonchev–Trinajstić information content (AvgIpc) is 3.77. The van der Waals surface area contributed by atoms with Crippen LogP contribution < -0.4 is 9.64 Å². The lowest BCUT2D eigenvalue weighted by atomic mass is 9.51. The molecule has 0 radical (unpaired) electrons. The number of fused-ring (bicyclic) bond motifs is 5. The molecule has 4 aromatic rings. The molecule has 6 unspecified atom stereocenters. The second kappa shape index (κ2) is 12.1. The van der Waals surface area contributed by atoms with Gasteiger partial charge in [0.05, 0.1) is 34.7 Å². The molecule has 10 nitrogen and oxygen atoms in total. The molecule has 8 rings (SSSR count). The average molecular weight is 727 g/mol. The number of rotatable bonds is 7. The molecule has 2 aromatic carbocycles. The van der Waals surface area contributed by atoms with E-state index in [9.17, 15) is 19.5 Å². The number of halogens is 1. The summed E-state index contributed by atoms with van der Waals surface area (Å²) < 4.78 is 8.39. The fourth-order valence-corrected chi connectivity index (χ4v) is 10.7. The molecule has 1 saturated carbocycles. The smallest absolute Gasteiger partial charge is 0.242 e. The van der Waals surface area contributed by atoms with Gasteiger partial charge >= 0.3 is 0 Å². The van der Waals surface area contributed by atoms with Gasteiger partial charge in [-0.3, -0.25) is 28.8 Å². The van der Waals surface area contributed by atoms with Gasteiger partial charge in [-0.15, -0.1) is 11.3 Å². The van der Waals surface area contributed by atoms with Crippen molar-refractivity contribution in [2.24, 2.45) is 36.1 Å².